The van der Waals surface area contributed by atoms with Crippen LogP contribution in [0.1, 0.15) is 54.9 Å². The Morgan fingerprint density at radius 2 is 2.07 bits per heavy atom. The summed E-state index contributed by atoms with van der Waals surface area (Å²) in [6, 6.07) is 7.94. The molecule has 0 spiro atoms. The molecule has 27 heavy (non-hydrogen) atoms. The summed E-state index contributed by atoms with van der Waals surface area (Å²) in [6.07, 6.45) is 6.08. The molecule has 2 heterocycles. The molecule has 0 bridgehead atoms. The molecule has 0 aromatic heterocycles. The second-order valence-corrected chi connectivity index (χ2v) is 8.67. The Hall–Kier alpha value is -1.69. The van der Waals surface area contributed by atoms with Crippen LogP contribution in [-0.4, -0.2) is 53.9 Å². The van der Waals surface area contributed by atoms with E-state index in [-0.39, 0.29) is 5.91 Å². The quantitative estimate of drug-likeness (QED) is 0.580. The molecule has 2 aliphatic heterocycles. The van der Waals surface area contributed by atoms with Gasteiger partial charge in [-0.05, 0) is 62.5 Å². The third kappa shape index (κ3) is 6.16. The molecule has 148 valence electrons. The van der Waals surface area contributed by atoms with E-state index >= 15 is 0 Å². The molecule has 6 heteroatoms. The molecule has 0 saturated carbocycles. The highest BCUT2D eigenvalue weighted by atomic mass is 32.2. The molecule has 0 radical (unpaired) electrons. The van der Waals surface area contributed by atoms with E-state index in [1.807, 2.05) is 40.9 Å². The molecule has 0 aliphatic carbocycles. The first-order valence-electron chi connectivity index (χ1n) is 10.3. The highest BCUT2D eigenvalue weighted by Gasteiger charge is 2.18. The Labute approximate surface area is 167 Å². The van der Waals surface area contributed by atoms with Gasteiger partial charge in [0.1, 0.15) is 0 Å². The van der Waals surface area contributed by atoms with E-state index in [2.05, 4.69) is 17.6 Å². The minimum Gasteiger partial charge on any atom is -0.357 e. The Bertz CT molecular complexity index is 637. The van der Waals surface area contributed by atoms with E-state index in [4.69, 9.17) is 4.99 Å². The van der Waals surface area contributed by atoms with Crippen molar-refractivity contribution in [3.8, 4) is 0 Å². The van der Waals surface area contributed by atoms with Crippen LogP contribution in [0.4, 0.5) is 0 Å². The van der Waals surface area contributed by atoms with Crippen LogP contribution in [-0.2, 0) is 6.54 Å². The fraction of sp³-hybridized carbons (Fsp3) is 0.619. The number of aliphatic imine (C=N–C) groups is 1. The highest BCUT2D eigenvalue weighted by molar-refractivity contribution is 8.00. The third-order valence-electron chi connectivity index (χ3n) is 5.10. The van der Waals surface area contributed by atoms with Gasteiger partial charge in [-0.25, -0.2) is 4.99 Å². The number of carbonyl (C=O) groups excluding carboxylic acids is 1. The Balaban J connectivity index is 1.59. The van der Waals surface area contributed by atoms with Crippen molar-refractivity contribution in [2.75, 3.05) is 31.9 Å². The minimum atomic E-state index is 0.156. The summed E-state index contributed by atoms with van der Waals surface area (Å²) in [7, 11) is 0. The van der Waals surface area contributed by atoms with Crippen molar-refractivity contribution in [1.29, 1.82) is 0 Å². The van der Waals surface area contributed by atoms with Gasteiger partial charge in [-0.1, -0.05) is 12.1 Å². The first-order valence-corrected chi connectivity index (χ1v) is 11.3. The monoisotopic (exact) mass is 388 g/mol. The topological polar surface area (TPSA) is 56.7 Å². The van der Waals surface area contributed by atoms with Gasteiger partial charge >= 0.3 is 0 Å². The van der Waals surface area contributed by atoms with E-state index in [1.54, 1.807) is 0 Å². The van der Waals surface area contributed by atoms with Crippen LogP contribution >= 0.6 is 11.8 Å². The summed E-state index contributed by atoms with van der Waals surface area (Å²) < 4.78 is 0. The SMILES string of the molecule is CCNC(=NCc1cccc(C(=O)N2CCCCC2)c1)NCC1CCCS1. The molecular formula is C21H32N4OS. The van der Waals surface area contributed by atoms with Gasteiger partial charge in [0.15, 0.2) is 5.96 Å². The summed E-state index contributed by atoms with van der Waals surface area (Å²) in [5.74, 6) is 2.29. The first-order chi connectivity index (χ1) is 13.3. The minimum absolute atomic E-state index is 0.156. The largest absolute Gasteiger partial charge is 0.357 e. The summed E-state index contributed by atoms with van der Waals surface area (Å²) >= 11 is 2.05. The summed E-state index contributed by atoms with van der Waals surface area (Å²) in [5.41, 5.74) is 1.86. The second-order valence-electron chi connectivity index (χ2n) is 7.26. The van der Waals surface area contributed by atoms with Crippen LogP contribution in [0.25, 0.3) is 0 Å². The molecule has 2 aliphatic rings. The van der Waals surface area contributed by atoms with Crippen LogP contribution in [0.2, 0.25) is 0 Å². The van der Waals surface area contributed by atoms with E-state index in [0.717, 1.165) is 56.1 Å². The van der Waals surface area contributed by atoms with Crippen LogP contribution in [0, 0.1) is 0 Å². The van der Waals surface area contributed by atoms with Crippen molar-refractivity contribution in [2.24, 2.45) is 4.99 Å². The van der Waals surface area contributed by atoms with Gasteiger partial charge in [0.25, 0.3) is 5.91 Å². The standard InChI is InChI=1S/C21H32N4OS/c1-2-22-21(24-16-19-10-7-13-27-19)23-15-17-8-6-9-18(14-17)20(26)25-11-4-3-5-12-25/h6,8-9,14,19H,2-5,7,10-13,15-16H2,1H3,(H2,22,23,24). The zero-order valence-electron chi connectivity index (χ0n) is 16.4. The van der Waals surface area contributed by atoms with Gasteiger partial charge < -0.3 is 15.5 Å². The van der Waals surface area contributed by atoms with Crippen molar-refractivity contribution >= 4 is 23.6 Å². The van der Waals surface area contributed by atoms with Gasteiger partial charge in [-0.15, -0.1) is 0 Å². The van der Waals surface area contributed by atoms with E-state index in [9.17, 15) is 4.79 Å². The number of rotatable bonds is 6. The van der Waals surface area contributed by atoms with Crippen molar-refractivity contribution in [1.82, 2.24) is 15.5 Å². The molecular weight excluding hydrogens is 356 g/mol. The number of carbonyl (C=O) groups is 1. The number of thioether (sulfide) groups is 1. The average molecular weight is 389 g/mol. The first kappa shape index (κ1) is 20.1. The maximum atomic E-state index is 12.7. The average Bonchev–Trinajstić information content (AvgIpc) is 3.24. The number of amides is 1. The van der Waals surface area contributed by atoms with Crippen LogP contribution in [0.3, 0.4) is 0 Å². The number of guanidine groups is 1. The molecule has 5 nitrogen and oxygen atoms in total. The highest BCUT2D eigenvalue weighted by Crippen LogP contribution is 2.25. The van der Waals surface area contributed by atoms with Gasteiger partial charge in [-0.2, -0.15) is 11.8 Å². The summed E-state index contributed by atoms with van der Waals surface area (Å²) in [6.45, 7) is 6.23. The fourth-order valence-electron chi connectivity index (χ4n) is 3.61. The van der Waals surface area contributed by atoms with Gasteiger partial charge in [0, 0.05) is 37.0 Å². The maximum Gasteiger partial charge on any atom is 0.253 e. The molecule has 2 fully saturated rings. The lowest BCUT2D eigenvalue weighted by molar-refractivity contribution is 0.0724. The normalized spacial score (nSPS) is 20.6. The lowest BCUT2D eigenvalue weighted by Crippen LogP contribution is -2.40. The number of benzene rings is 1. The fourth-order valence-corrected chi connectivity index (χ4v) is 4.81. The molecule has 3 rings (SSSR count). The molecule has 1 unspecified atom stereocenters. The molecule has 2 N–H and O–H groups in total. The van der Waals surface area contributed by atoms with Gasteiger partial charge in [0.2, 0.25) is 0 Å². The molecule has 1 amide bonds. The smallest absolute Gasteiger partial charge is 0.253 e. The predicted octanol–water partition coefficient (Wildman–Crippen LogP) is 3.26. The molecule has 2 saturated heterocycles. The number of hydrogen-bond acceptors (Lipinski definition) is 3. The summed E-state index contributed by atoms with van der Waals surface area (Å²) in [5, 5.41) is 7.48. The second kappa shape index (κ2) is 10.6. The lowest BCUT2D eigenvalue weighted by Gasteiger charge is -2.26. The lowest BCUT2D eigenvalue weighted by atomic mass is 10.1. The molecule has 1 aromatic rings. The number of nitrogens with zero attached hydrogens (tertiary/aromatic N) is 2. The zero-order valence-corrected chi connectivity index (χ0v) is 17.2. The van der Waals surface area contributed by atoms with Crippen LogP contribution in [0.5, 0.6) is 0 Å². The van der Waals surface area contributed by atoms with Crippen molar-refractivity contribution in [3.05, 3.63) is 35.4 Å². The number of piperidine rings is 1. The van der Waals surface area contributed by atoms with Crippen LogP contribution in [0.15, 0.2) is 29.3 Å². The maximum absolute atomic E-state index is 12.7. The number of likely N-dealkylation sites (tertiary alicyclic amines) is 1. The molecule has 1 aromatic carbocycles. The van der Waals surface area contributed by atoms with Gasteiger partial charge in [0.05, 0.1) is 6.54 Å². The van der Waals surface area contributed by atoms with E-state index in [1.165, 1.54) is 25.0 Å². The molecule has 1 atom stereocenters. The Morgan fingerprint density at radius 3 is 2.81 bits per heavy atom. The van der Waals surface area contributed by atoms with E-state index < -0.39 is 0 Å². The van der Waals surface area contributed by atoms with Crippen molar-refractivity contribution < 1.29 is 4.79 Å². The van der Waals surface area contributed by atoms with Crippen LogP contribution < -0.4 is 10.6 Å². The van der Waals surface area contributed by atoms with E-state index in [0.29, 0.717) is 11.8 Å². The predicted molar refractivity (Wildman–Crippen MR) is 114 cm³/mol. The zero-order chi connectivity index (χ0) is 18.9. The van der Waals surface area contributed by atoms with Crippen molar-refractivity contribution in [3.63, 3.8) is 0 Å². The number of nitrogens with one attached hydrogen (secondary N) is 2. The Morgan fingerprint density at radius 1 is 1.22 bits per heavy atom. The van der Waals surface area contributed by atoms with Gasteiger partial charge in [-0.3, -0.25) is 4.79 Å². The summed E-state index contributed by atoms with van der Waals surface area (Å²) in [4.78, 5) is 19.4. The number of hydrogen-bond donors (Lipinski definition) is 2. The third-order valence-corrected chi connectivity index (χ3v) is 6.50. The van der Waals surface area contributed by atoms with Crippen molar-refractivity contribution in [2.45, 2.75) is 50.8 Å². The Kier molecular flexibility index (Phi) is 7.87.